The van der Waals surface area contributed by atoms with Crippen LogP contribution < -0.4 is 5.32 Å². The van der Waals surface area contributed by atoms with Crippen LogP contribution in [0.15, 0.2) is 53.1 Å². The maximum absolute atomic E-state index is 13.4. The van der Waals surface area contributed by atoms with Crippen LogP contribution in [0.25, 0.3) is 11.4 Å². The van der Waals surface area contributed by atoms with E-state index in [1.54, 1.807) is 24.3 Å². The van der Waals surface area contributed by atoms with Crippen molar-refractivity contribution < 1.29 is 18.5 Å². The number of benzene rings is 2. The molecule has 1 aliphatic heterocycles. The first-order valence-corrected chi connectivity index (χ1v) is 10.3. The summed E-state index contributed by atoms with van der Waals surface area (Å²) in [6, 6.07) is 11.9. The molecule has 0 unspecified atom stereocenters. The normalized spacial score (nSPS) is 18.5. The van der Waals surface area contributed by atoms with Gasteiger partial charge in [0, 0.05) is 10.6 Å². The molecule has 1 fully saturated rings. The lowest BCUT2D eigenvalue weighted by Gasteiger charge is -2.27. The van der Waals surface area contributed by atoms with Crippen LogP contribution in [0.3, 0.4) is 0 Å². The third kappa shape index (κ3) is 4.03. The molecule has 3 amide bonds. The van der Waals surface area contributed by atoms with E-state index in [4.69, 9.17) is 16.1 Å². The van der Waals surface area contributed by atoms with Gasteiger partial charge in [0.05, 0.1) is 0 Å². The molecule has 1 N–H and O–H groups in total. The summed E-state index contributed by atoms with van der Waals surface area (Å²) in [6.07, 6.45) is 1.94. The smallest absolute Gasteiger partial charge is 0.325 e. The number of rotatable bonds is 7. The van der Waals surface area contributed by atoms with Crippen molar-refractivity contribution in [2.24, 2.45) is 0 Å². The van der Waals surface area contributed by atoms with Crippen molar-refractivity contribution >= 4 is 23.5 Å². The summed E-state index contributed by atoms with van der Waals surface area (Å²) < 4.78 is 18.7. The van der Waals surface area contributed by atoms with Crippen molar-refractivity contribution in [3.63, 3.8) is 0 Å². The van der Waals surface area contributed by atoms with Crippen LogP contribution in [0.1, 0.15) is 37.6 Å². The predicted molar refractivity (Wildman–Crippen MR) is 111 cm³/mol. The Balaban J connectivity index is 1.59. The molecule has 0 radical (unpaired) electrons. The Hall–Kier alpha value is -3.26. The maximum atomic E-state index is 13.4. The number of nitrogens with one attached hydrogen (secondary N) is 1. The first-order chi connectivity index (χ1) is 14.9. The van der Waals surface area contributed by atoms with E-state index < -0.39 is 23.3 Å². The van der Waals surface area contributed by atoms with Crippen LogP contribution in [-0.2, 0) is 16.9 Å². The zero-order valence-electron chi connectivity index (χ0n) is 16.8. The number of nitrogens with zero attached hydrogens (tertiary/aromatic N) is 3. The number of halogens is 2. The van der Waals surface area contributed by atoms with Gasteiger partial charge >= 0.3 is 6.03 Å². The molecular formula is C22H20ClFN4O3. The highest BCUT2D eigenvalue weighted by molar-refractivity contribution is 6.30. The second-order valence-electron chi connectivity index (χ2n) is 7.36. The molecule has 0 spiro atoms. The van der Waals surface area contributed by atoms with Gasteiger partial charge in [0.25, 0.3) is 5.91 Å². The third-order valence-corrected chi connectivity index (χ3v) is 5.53. The molecule has 3 aromatic rings. The van der Waals surface area contributed by atoms with Crippen molar-refractivity contribution in [3.05, 3.63) is 70.8 Å². The number of hydrogen-bond donors (Lipinski definition) is 1. The molecule has 2 aromatic carbocycles. The Morgan fingerprint density at radius 1 is 1.13 bits per heavy atom. The van der Waals surface area contributed by atoms with Crippen LogP contribution >= 0.6 is 11.6 Å². The van der Waals surface area contributed by atoms with E-state index in [2.05, 4.69) is 15.5 Å². The Kier molecular flexibility index (Phi) is 5.73. The van der Waals surface area contributed by atoms with Crippen molar-refractivity contribution in [1.29, 1.82) is 0 Å². The topological polar surface area (TPSA) is 88.3 Å². The zero-order valence-corrected chi connectivity index (χ0v) is 17.5. The fraction of sp³-hybridized carbons (Fsp3) is 0.273. The fourth-order valence-corrected chi connectivity index (χ4v) is 3.75. The molecule has 2 heterocycles. The molecule has 1 aromatic heterocycles. The van der Waals surface area contributed by atoms with Gasteiger partial charge in [-0.3, -0.25) is 9.69 Å². The minimum atomic E-state index is -1.25. The monoisotopic (exact) mass is 442 g/mol. The number of carbonyl (C=O) groups is 2. The summed E-state index contributed by atoms with van der Waals surface area (Å²) in [4.78, 5) is 31.5. The highest BCUT2D eigenvalue weighted by atomic mass is 35.5. The van der Waals surface area contributed by atoms with E-state index in [1.165, 1.54) is 24.3 Å². The van der Waals surface area contributed by atoms with Gasteiger partial charge in [-0.05, 0) is 48.4 Å². The minimum Gasteiger partial charge on any atom is -0.337 e. The second kappa shape index (κ2) is 8.47. The Morgan fingerprint density at radius 2 is 1.84 bits per heavy atom. The van der Waals surface area contributed by atoms with Crippen LogP contribution in [0.5, 0.6) is 0 Å². The summed E-state index contributed by atoms with van der Waals surface area (Å²) in [5, 5.41) is 7.31. The van der Waals surface area contributed by atoms with Crippen molar-refractivity contribution in [3.8, 4) is 11.4 Å². The van der Waals surface area contributed by atoms with Gasteiger partial charge in [0.15, 0.2) is 0 Å². The van der Waals surface area contributed by atoms with Gasteiger partial charge in [0.2, 0.25) is 11.7 Å². The molecule has 1 saturated heterocycles. The van der Waals surface area contributed by atoms with Gasteiger partial charge < -0.3 is 9.84 Å². The van der Waals surface area contributed by atoms with Gasteiger partial charge in [-0.1, -0.05) is 48.7 Å². The Bertz CT molecular complexity index is 1100. The maximum Gasteiger partial charge on any atom is 0.325 e. The number of aromatic nitrogens is 2. The quantitative estimate of drug-likeness (QED) is 0.537. The van der Waals surface area contributed by atoms with Gasteiger partial charge in [-0.15, -0.1) is 0 Å². The average molecular weight is 443 g/mol. The van der Waals surface area contributed by atoms with E-state index >= 15 is 0 Å². The Labute approximate surface area is 183 Å². The van der Waals surface area contributed by atoms with Crippen molar-refractivity contribution in [2.45, 2.75) is 38.3 Å². The fourth-order valence-electron chi connectivity index (χ4n) is 3.63. The molecule has 1 aliphatic rings. The number of amides is 3. The van der Waals surface area contributed by atoms with Crippen LogP contribution in [-0.4, -0.2) is 27.0 Å². The van der Waals surface area contributed by atoms with Crippen LogP contribution in [0.2, 0.25) is 5.02 Å². The first kappa shape index (κ1) is 21.0. The lowest BCUT2D eigenvalue weighted by Crippen LogP contribution is -2.44. The van der Waals surface area contributed by atoms with Crippen molar-refractivity contribution in [1.82, 2.24) is 20.4 Å². The van der Waals surface area contributed by atoms with E-state index in [1.807, 2.05) is 6.92 Å². The Morgan fingerprint density at radius 3 is 2.52 bits per heavy atom. The summed E-state index contributed by atoms with van der Waals surface area (Å²) in [6.45, 7) is 1.83. The summed E-state index contributed by atoms with van der Waals surface area (Å²) in [7, 11) is 0. The van der Waals surface area contributed by atoms with Crippen LogP contribution in [0, 0.1) is 5.82 Å². The van der Waals surface area contributed by atoms with Gasteiger partial charge in [0.1, 0.15) is 17.9 Å². The summed E-state index contributed by atoms with van der Waals surface area (Å²) in [5.41, 5.74) is -0.0180. The molecule has 0 aliphatic carbocycles. The number of unbranched alkanes of at least 4 members (excludes halogenated alkanes) is 1. The van der Waals surface area contributed by atoms with E-state index in [0.717, 1.165) is 11.3 Å². The molecule has 1 atom stereocenters. The minimum absolute atomic E-state index is 0.124. The van der Waals surface area contributed by atoms with E-state index in [0.29, 0.717) is 34.8 Å². The molecule has 9 heteroatoms. The SMILES string of the molecule is CCCC[C@@]1(c2ccc(F)cc2)NC(=O)N(Cc2nc(-c3ccc(Cl)cc3)no2)C1=O. The van der Waals surface area contributed by atoms with Gasteiger partial charge in [-0.2, -0.15) is 4.98 Å². The number of urea groups is 1. The molecule has 0 bridgehead atoms. The first-order valence-electron chi connectivity index (χ1n) is 9.91. The predicted octanol–water partition coefficient (Wildman–Crippen LogP) is 4.67. The van der Waals surface area contributed by atoms with E-state index in [9.17, 15) is 14.0 Å². The lowest BCUT2D eigenvalue weighted by atomic mass is 9.85. The lowest BCUT2D eigenvalue weighted by molar-refractivity contribution is -0.132. The highest BCUT2D eigenvalue weighted by Crippen LogP contribution is 2.35. The molecule has 160 valence electrons. The van der Waals surface area contributed by atoms with Crippen LogP contribution in [0.4, 0.5) is 9.18 Å². The standard InChI is InChI=1S/C22H20ClFN4O3/c1-2-3-12-22(15-6-10-17(24)11-7-15)20(29)28(21(30)26-22)13-18-25-19(27-31-18)14-4-8-16(23)9-5-14/h4-11H,2-3,12-13H2,1H3,(H,26,30)/t22-/m0/s1. The molecule has 31 heavy (non-hydrogen) atoms. The zero-order chi connectivity index (χ0) is 22.0. The number of imide groups is 1. The number of hydrogen-bond acceptors (Lipinski definition) is 5. The molecule has 4 rings (SSSR count). The summed E-state index contributed by atoms with van der Waals surface area (Å²) >= 11 is 5.90. The third-order valence-electron chi connectivity index (χ3n) is 5.28. The van der Waals surface area contributed by atoms with Crippen molar-refractivity contribution in [2.75, 3.05) is 0 Å². The second-order valence-corrected chi connectivity index (χ2v) is 7.79. The molecule has 0 saturated carbocycles. The summed E-state index contributed by atoms with van der Waals surface area (Å²) in [5.74, 6) is -0.388. The molecule has 7 nitrogen and oxygen atoms in total. The van der Waals surface area contributed by atoms with Gasteiger partial charge in [-0.25, -0.2) is 9.18 Å². The average Bonchev–Trinajstić information content (AvgIpc) is 3.32. The highest BCUT2D eigenvalue weighted by Gasteiger charge is 2.52. The largest absolute Gasteiger partial charge is 0.337 e. The number of carbonyl (C=O) groups excluding carboxylic acids is 2. The molecular weight excluding hydrogens is 423 g/mol. The van der Waals surface area contributed by atoms with E-state index in [-0.39, 0.29) is 12.4 Å².